The maximum Gasteiger partial charge on any atom is 0.411 e. The Kier molecular flexibility index (Phi) is 7.73. The van der Waals surface area contributed by atoms with Gasteiger partial charge in [-0.15, -0.1) is 0 Å². The van der Waals surface area contributed by atoms with Crippen molar-refractivity contribution >= 4 is 6.09 Å². The van der Waals surface area contributed by atoms with E-state index in [0.29, 0.717) is 24.9 Å². The number of aryl methyl sites for hydroxylation is 5. The molecule has 4 rings (SSSR count). The summed E-state index contributed by atoms with van der Waals surface area (Å²) in [6.45, 7) is 12.4. The third-order valence-corrected chi connectivity index (χ3v) is 6.40. The number of carbonyl (C=O) groups is 1. The first kappa shape index (κ1) is 26.5. The highest BCUT2D eigenvalue weighted by Gasteiger charge is 2.31. The number of halogens is 1. The van der Waals surface area contributed by atoms with Gasteiger partial charge in [-0.05, 0) is 121 Å². The molecule has 37 heavy (non-hydrogen) atoms. The molecule has 1 aromatic carbocycles. The van der Waals surface area contributed by atoms with Crippen molar-refractivity contribution in [3.05, 3.63) is 82.1 Å². The summed E-state index contributed by atoms with van der Waals surface area (Å²) in [6, 6.07) is 13.1. The Labute approximate surface area is 219 Å². The lowest BCUT2D eigenvalue weighted by atomic mass is 10.0. The summed E-state index contributed by atoms with van der Waals surface area (Å²) in [5.41, 5.74) is 5.33. The molecule has 1 aliphatic heterocycles. The second-order valence-corrected chi connectivity index (χ2v) is 10.9. The quantitative estimate of drug-likeness (QED) is 0.385. The second kappa shape index (κ2) is 10.8. The zero-order valence-corrected chi connectivity index (χ0v) is 22.7. The van der Waals surface area contributed by atoms with Gasteiger partial charge in [-0.1, -0.05) is 11.8 Å². The van der Waals surface area contributed by atoms with E-state index in [9.17, 15) is 9.18 Å². The van der Waals surface area contributed by atoms with Gasteiger partial charge in [0.15, 0.2) is 0 Å². The standard InChI is InChI=1S/C31H36FN3O2/c1-21-16-27(33-29(17-21)35-22(2)9-10-23(35)3)13-11-24-18-25(20-26(32)19-24)12-14-28-8-7-15-34(28)30(36)37-31(4,5)6/h9-10,16-20,28H,7-8,11,13,15H2,1-6H3. The predicted octanol–water partition coefficient (Wildman–Crippen LogP) is 6.47. The van der Waals surface area contributed by atoms with E-state index in [4.69, 9.17) is 9.72 Å². The molecule has 5 nitrogen and oxygen atoms in total. The molecule has 1 aliphatic rings. The number of rotatable bonds is 4. The highest BCUT2D eigenvalue weighted by molar-refractivity contribution is 5.69. The fraction of sp³-hybridized carbons (Fsp3) is 0.419. The van der Waals surface area contributed by atoms with Crippen LogP contribution in [0.15, 0.2) is 42.5 Å². The third-order valence-electron chi connectivity index (χ3n) is 6.40. The average molecular weight is 502 g/mol. The minimum Gasteiger partial charge on any atom is -0.444 e. The summed E-state index contributed by atoms with van der Waals surface area (Å²) < 4.78 is 22.1. The number of benzene rings is 1. The molecular weight excluding hydrogens is 465 g/mol. The van der Waals surface area contributed by atoms with Crippen molar-refractivity contribution in [2.75, 3.05) is 6.54 Å². The van der Waals surface area contributed by atoms with Crippen molar-refractivity contribution in [2.24, 2.45) is 0 Å². The molecule has 0 aliphatic carbocycles. The zero-order chi connectivity index (χ0) is 26.7. The van der Waals surface area contributed by atoms with E-state index in [1.165, 1.54) is 6.07 Å². The van der Waals surface area contributed by atoms with Crippen molar-refractivity contribution in [3.8, 4) is 17.7 Å². The van der Waals surface area contributed by atoms with Crippen molar-refractivity contribution in [1.82, 2.24) is 14.5 Å². The zero-order valence-electron chi connectivity index (χ0n) is 22.7. The number of pyridine rings is 1. The Morgan fingerprint density at radius 2 is 1.81 bits per heavy atom. The van der Waals surface area contributed by atoms with Crippen LogP contribution in [0, 0.1) is 38.4 Å². The molecule has 0 radical (unpaired) electrons. The Morgan fingerprint density at radius 3 is 2.51 bits per heavy atom. The van der Waals surface area contributed by atoms with E-state index in [2.05, 4.69) is 61.4 Å². The molecule has 3 heterocycles. The number of likely N-dealkylation sites (tertiary alicyclic amines) is 1. The molecule has 1 unspecified atom stereocenters. The molecule has 0 saturated carbocycles. The molecule has 1 amide bonds. The van der Waals surface area contributed by atoms with E-state index in [-0.39, 0.29) is 18.0 Å². The molecule has 1 saturated heterocycles. The van der Waals surface area contributed by atoms with Gasteiger partial charge in [-0.3, -0.25) is 4.90 Å². The SMILES string of the molecule is Cc1cc(CCc2cc(F)cc(C#CC3CCCN3C(=O)OC(C)(C)C)c2)nc(-n2c(C)ccc2C)c1. The number of carbonyl (C=O) groups excluding carboxylic acids is 1. The topological polar surface area (TPSA) is 47.4 Å². The summed E-state index contributed by atoms with van der Waals surface area (Å²) in [6.07, 6.45) is 2.66. The second-order valence-electron chi connectivity index (χ2n) is 10.9. The number of aromatic nitrogens is 2. The van der Waals surface area contributed by atoms with Gasteiger partial charge in [-0.25, -0.2) is 14.2 Å². The van der Waals surface area contributed by atoms with Crippen molar-refractivity contribution in [1.29, 1.82) is 0 Å². The fourth-order valence-corrected chi connectivity index (χ4v) is 4.75. The molecule has 0 bridgehead atoms. The van der Waals surface area contributed by atoms with Gasteiger partial charge in [0.2, 0.25) is 0 Å². The Balaban J connectivity index is 1.48. The predicted molar refractivity (Wildman–Crippen MR) is 144 cm³/mol. The molecule has 3 aromatic rings. The normalized spacial score (nSPS) is 15.4. The first-order valence-corrected chi connectivity index (χ1v) is 12.9. The Morgan fingerprint density at radius 1 is 1.08 bits per heavy atom. The molecule has 6 heteroatoms. The number of hydrogen-bond donors (Lipinski definition) is 0. The van der Waals surface area contributed by atoms with Gasteiger partial charge < -0.3 is 9.30 Å². The first-order valence-electron chi connectivity index (χ1n) is 12.9. The van der Waals surface area contributed by atoms with Gasteiger partial charge in [0.05, 0.1) is 6.04 Å². The molecule has 1 fully saturated rings. The average Bonchev–Trinajstić information content (AvgIpc) is 3.40. The van der Waals surface area contributed by atoms with Crippen LogP contribution < -0.4 is 0 Å². The molecule has 194 valence electrons. The van der Waals surface area contributed by atoms with E-state index < -0.39 is 5.60 Å². The minimum atomic E-state index is -0.554. The Hall–Kier alpha value is -3.59. The van der Waals surface area contributed by atoms with Crippen LogP contribution in [-0.2, 0) is 17.6 Å². The van der Waals surface area contributed by atoms with Gasteiger partial charge in [0, 0.05) is 29.2 Å². The third kappa shape index (κ3) is 6.80. The number of amides is 1. The van der Waals surface area contributed by atoms with Gasteiger partial charge in [0.1, 0.15) is 17.2 Å². The lowest BCUT2D eigenvalue weighted by molar-refractivity contribution is 0.0261. The maximum atomic E-state index is 14.5. The molecule has 2 aromatic heterocycles. The van der Waals surface area contributed by atoms with Gasteiger partial charge >= 0.3 is 6.09 Å². The van der Waals surface area contributed by atoms with E-state index in [1.807, 2.05) is 26.8 Å². The summed E-state index contributed by atoms with van der Waals surface area (Å²) in [5, 5.41) is 0. The van der Waals surface area contributed by atoms with Crippen LogP contribution in [0.2, 0.25) is 0 Å². The minimum absolute atomic E-state index is 0.225. The monoisotopic (exact) mass is 501 g/mol. The Bertz CT molecular complexity index is 1340. The maximum absolute atomic E-state index is 14.5. The number of ether oxygens (including phenoxy) is 1. The van der Waals surface area contributed by atoms with Crippen LogP contribution >= 0.6 is 0 Å². The van der Waals surface area contributed by atoms with Crippen molar-refractivity contribution in [3.63, 3.8) is 0 Å². The van der Waals surface area contributed by atoms with E-state index in [1.54, 1.807) is 11.0 Å². The van der Waals surface area contributed by atoms with Crippen LogP contribution in [0.25, 0.3) is 5.82 Å². The number of nitrogens with zero attached hydrogens (tertiary/aromatic N) is 3. The fourth-order valence-electron chi connectivity index (χ4n) is 4.75. The van der Waals surface area contributed by atoms with Crippen molar-refractivity contribution < 1.29 is 13.9 Å². The van der Waals surface area contributed by atoms with E-state index >= 15 is 0 Å². The first-order chi connectivity index (χ1) is 17.5. The summed E-state index contributed by atoms with van der Waals surface area (Å²) in [7, 11) is 0. The molecular formula is C31H36FN3O2. The summed E-state index contributed by atoms with van der Waals surface area (Å²) in [5.74, 6) is 6.88. The molecule has 0 spiro atoms. The van der Waals surface area contributed by atoms with Crippen molar-refractivity contribution in [2.45, 2.75) is 78.9 Å². The van der Waals surface area contributed by atoms with Crippen LogP contribution in [0.4, 0.5) is 9.18 Å². The number of hydrogen-bond acceptors (Lipinski definition) is 3. The molecule has 0 N–H and O–H groups in total. The highest BCUT2D eigenvalue weighted by atomic mass is 19.1. The van der Waals surface area contributed by atoms with Gasteiger partial charge in [-0.2, -0.15) is 0 Å². The van der Waals surface area contributed by atoms with Gasteiger partial charge in [0.25, 0.3) is 0 Å². The highest BCUT2D eigenvalue weighted by Crippen LogP contribution is 2.21. The molecule has 1 atom stereocenters. The smallest absolute Gasteiger partial charge is 0.411 e. The lowest BCUT2D eigenvalue weighted by Gasteiger charge is -2.26. The largest absolute Gasteiger partial charge is 0.444 e. The van der Waals surface area contributed by atoms with Crippen LogP contribution in [0.5, 0.6) is 0 Å². The summed E-state index contributed by atoms with van der Waals surface area (Å²) >= 11 is 0. The van der Waals surface area contributed by atoms with E-state index in [0.717, 1.165) is 46.9 Å². The van der Waals surface area contributed by atoms with Crippen LogP contribution in [-0.4, -0.2) is 38.7 Å². The lowest BCUT2D eigenvalue weighted by Crippen LogP contribution is -2.39. The van der Waals surface area contributed by atoms with Crippen LogP contribution in [0.3, 0.4) is 0 Å². The summed E-state index contributed by atoms with van der Waals surface area (Å²) in [4.78, 5) is 19.1. The van der Waals surface area contributed by atoms with Crippen LogP contribution in [0.1, 0.15) is 67.4 Å².